The predicted octanol–water partition coefficient (Wildman–Crippen LogP) is 12.5. The van der Waals surface area contributed by atoms with Crippen LogP contribution in [0.25, 0.3) is 106 Å². The van der Waals surface area contributed by atoms with E-state index in [9.17, 15) is 5.48 Å². The summed E-state index contributed by atoms with van der Waals surface area (Å²) in [4.78, 5) is 14.5. The van der Waals surface area contributed by atoms with Gasteiger partial charge in [-0.2, -0.15) is 15.0 Å². The van der Waals surface area contributed by atoms with E-state index in [1.807, 2.05) is 0 Å². The summed E-state index contributed by atoms with van der Waals surface area (Å²) in [5, 5.41) is -1.77. The monoisotopic (exact) mass is 752 g/mol. The summed E-state index contributed by atoms with van der Waals surface area (Å²) in [6.07, 6.45) is 0. The molecule has 0 aliphatic rings. The molecule has 8 aromatic carbocycles. The van der Waals surface area contributed by atoms with Gasteiger partial charge in [0, 0.05) is 43.6 Å². The molecule has 0 atom stereocenters. The maximum absolute atomic E-state index is 9.28. The van der Waals surface area contributed by atoms with Crippen LogP contribution >= 0.6 is 0 Å². The third-order valence-electron chi connectivity index (χ3n) is 9.69. The van der Waals surface area contributed by atoms with Crippen LogP contribution in [-0.2, 0) is 0 Å². The molecule has 0 saturated heterocycles. The van der Waals surface area contributed by atoms with Crippen LogP contribution in [0, 0.1) is 0 Å². The van der Waals surface area contributed by atoms with E-state index >= 15 is 0 Å². The fraction of sp³-hybridized carbons (Fsp3) is 0. The lowest BCUT2D eigenvalue weighted by Gasteiger charge is -2.15. The van der Waals surface area contributed by atoms with Gasteiger partial charge in [0.25, 0.3) is 0 Å². The first-order valence-electron chi connectivity index (χ1n) is 29.3. The van der Waals surface area contributed by atoms with Gasteiger partial charge in [-0.15, -0.1) is 0 Å². The molecule has 0 spiro atoms. The van der Waals surface area contributed by atoms with Crippen LogP contribution in [0.2, 0.25) is 0 Å². The highest BCUT2D eigenvalue weighted by Crippen LogP contribution is 2.38. The SMILES string of the molecule is [2H]c1c([2H])c([2H])c2c(c1[2H])c1c([2H])c([2H])c([2H])c([2H])c1n2-c1cccc(-c2ccccc2-c2nc(-n3c4c([2H])c([2H])c([2H])c([2H])c4c4c([2H])c([2H])c([2H])c([2H])c43)nc(-n3c4c([2H])c([2H])c([2H])c([2H])c4c4c([2H])c([2H])c([2H])c([2H])c43)n2)c1. The van der Waals surface area contributed by atoms with E-state index in [4.69, 9.17) is 42.4 Å². The largest absolute Gasteiger partial charge is 0.309 e. The molecule has 0 amide bonds. The van der Waals surface area contributed by atoms with Gasteiger partial charge >= 0.3 is 0 Å². The Hall–Kier alpha value is -7.83. The molecule has 0 N–H and O–H groups in total. The van der Waals surface area contributed by atoms with Crippen molar-refractivity contribution in [1.29, 1.82) is 0 Å². The van der Waals surface area contributed by atoms with E-state index < -0.39 is 179 Å². The molecule has 0 bridgehead atoms. The first-order valence-corrected chi connectivity index (χ1v) is 17.3. The van der Waals surface area contributed by atoms with Crippen molar-refractivity contribution in [2.24, 2.45) is 0 Å². The normalized spacial score (nSPS) is 17.8. The Balaban J connectivity index is 1.24. The highest BCUT2D eigenvalue weighted by molar-refractivity contribution is 6.11. The summed E-state index contributed by atoms with van der Waals surface area (Å²) in [5.74, 6) is -1.57. The van der Waals surface area contributed by atoms with Crippen molar-refractivity contribution in [2.45, 2.75) is 0 Å². The predicted molar refractivity (Wildman–Crippen MR) is 234 cm³/mol. The number of fused-ring (bicyclic) bond motifs is 9. The third kappa shape index (κ3) is 4.74. The number of nitrogens with zero attached hydrogens (tertiary/aromatic N) is 6. The van der Waals surface area contributed by atoms with Gasteiger partial charge in [0.2, 0.25) is 11.9 Å². The first kappa shape index (κ1) is 16.1. The quantitative estimate of drug-likeness (QED) is 0.176. The first-order chi connectivity index (χ1) is 38.3. The number of para-hydroxylation sites is 6. The molecule has 0 saturated carbocycles. The molecule has 0 radical (unpaired) electrons. The molecular formula is C51H32N6. The minimum absolute atomic E-state index is 0.0970. The van der Waals surface area contributed by atoms with Crippen molar-refractivity contribution in [2.75, 3.05) is 0 Å². The molecule has 0 aliphatic heterocycles. The molecule has 6 heteroatoms. The lowest BCUT2D eigenvalue weighted by Crippen LogP contribution is -2.10. The standard InChI is InChI=1S/C51H32N6/c1-2-25-42(35(18-1)33-16-15-17-34(32-33)55-43-26-9-3-19-36(43)37-20-4-10-27-44(37)55)49-52-50(56-45-28-11-5-21-38(45)39-22-6-12-29-46(39)56)54-51(53-49)57-47-30-13-7-23-40(47)41-24-8-14-31-48(41)57/h1-32H/i3D,4D,5D,6D,7D,8D,9D,10D,11D,12D,13D,14D,19D,20D,21D,22D,23D,24D,26D,27D,28D,29D,30D,31D. The summed E-state index contributed by atoms with van der Waals surface area (Å²) in [6.45, 7) is 0. The van der Waals surface area contributed by atoms with Gasteiger partial charge < -0.3 is 4.57 Å². The summed E-state index contributed by atoms with van der Waals surface area (Å²) in [7, 11) is 0. The second-order valence-corrected chi connectivity index (χ2v) is 12.7. The van der Waals surface area contributed by atoms with Crippen molar-refractivity contribution in [3.05, 3.63) is 194 Å². The Labute approximate surface area is 360 Å². The smallest absolute Gasteiger partial charge is 0.240 e. The minimum atomic E-state index is -0.782. The molecule has 4 heterocycles. The van der Waals surface area contributed by atoms with Crippen molar-refractivity contribution >= 4 is 65.4 Å². The Morgan fingerprint density at radius 2 is 0.719 bits per heavy atom. The zero-order valence-electron chi connectivity index (χ0n) is 52.8. The molecule has 4 aromatic heterocycles. The maximum atomic E-state index is 9.28. The Morgan fingerprint density at radius 3 is 1.14 bits per heavy atom. The van der Waals surface area contributed by atoms with Gasteiger partial charge in [-0.25, -0.2) is 0 Å². The second kappa shape index (κ2) is 12.3. The van der Waals surface area contributed by atoms with Crippen LogP contribution in [0.4, 0.5) is 0 Å². The van der Waals surface area contributed by atoms with E-state index in [1.165, 1.54) is 10.6 Å². The molecule has 0 fully saturated rings. The summed E-state index contributed by atoms with van der Waals surface area (Å²) >= 11 is 0. The van der Waals surface area contributed by atoms with E-state index in [-0.39, 0.29) is 66.0 Å². The van der Waals surface area contributed by atoms with Gasteiger partial charge in [-0.1, -0.05) is 145 Å². The van der Waals surface area contributed by atoms with Crippen molar-refractivity contribution < 1.29 is 32.9 Å². The van der Waals surface area contributed by atoms with Gasteiger partial charge in [0.15, 0.2) is 5.82 Å². The van der Waals surface area contributed by atoms with Crippen LogP contribution in [0.1, 0.15) is 32.9 Å². The van der Waals surface area contributed by atoms with E-state index in [0.717, 1.165) is 9.13 Å². The van der Waals surface area contributed by atoms with Crippen molar-refractivity contribution in [1.82, 2.24) is 28.7 Å². The number of rotatable bonds is 5. The third-order valence-corrected chi connectivity index (χ3v) is 9.69. The van der Waals surface area contributed by atoms with Gasteiger partial charge in [-0.3, -0.25) is 9.13 Å². The fourth-order valence-electron chi connectivity index (χ4n) is 7.34. The lowest BCUT2D eigenvalue weighted by molar-refractivity contribution is 0.893. The molecule has 0 unspecified atom stereocenters. The molecule has 57 heavy (non-hydrogen) atoms. The second-order valence-electron chi connectivity index (χ2n) is 12.7. The Bertz CT molecular complexity index is 4540. The number of hydrogen-bond donors (Lipinski definition) is 0. The molecule has 0 aliphatic carbocycles. The van der Waals surface area contributed by atoms with Gasteiger partial charge in [0.05, 0.1) is 66.0 Å². The Kier molecular flexibility index (Phi) is 3.49. The molecule has 266 valence electrons. The fourth-order valence-corrected chi connectivity index (χ4v) is 7.34. The highest BCUT2D eigenvalue weighted by atomic mass is 15.3. The Morgan fingerprint density at radius 1 is 0.351 bits per heavy atom. The van der Waals surface area contributed by atoms with Crippen LogP contribution in [0.5, 0.6) is 0 Å². The molecule has 6 nitrogen and oxygen atoms in total. The summed E-state index contributed by atoms with van der Waals surface area (Å²) < 4.78 is 217. The number of hydrogen-bond acceptors (Lipinski definition) is 3. The minimum Gasteiger partial charge on any atom is -0.309 e. The topological polar surface area (TPSA) is 53.5 Å². The lowest BCUT2D eigenvalue weighted by atomic mass is 9.98. The van der Waals surface area contributed by atoms with Crippen molar-refractivity contribution in [3.63, 3.8) is 0 Å². The van der Waals surface area contributed by atoms with Crippen LogP contribution in [0.15, 0.2) is 194 Å². The average Bonchev–Trinajstić information content (AvgIpc) is 4.24. The number of benzene rings is 8. The molecule has 12 rings (SSSR count). The van der Waals surface area contributed by atoms with E-state index in [0.29, 0.717) is 5.56 Å². The van der Waals surface area contributed by atoms with E-state index in [2.05, 4.69) is 0 Å². The van der Waals surface area contributed by atoms with Crippen molar-refractivity contribution in [3.8, 4) is 40.1 Å². The number of aromatic nitrogens is 6. The summed E-state index contributed by atoms with van der Waals surface area (Å²) in [5.41, 5.74) is -1.22. The highest BCUT2D eigenvalue weighted by Gasteiger charge is 2.22. The molecular weight excluding hydrogens is 697 g/mol. The average molecular weight is 753 g/mol. The zero-order valence-corrected chi connectivity index (χ0v) is 28.8. The summed E-state index contributed by atoms with van der Waals surface area (Å²) in [6, 6.07) is -3.93. The van der Waals surface area contributed by atoms with E-state index in [1.54, 1.807) is 42.5 Å². The zero-order chi connectivity index (χ0) is 58.3. The van der Waals surface area contributed by atoms with Crippen LogP contribution < -0.4 is 0 Å². The maximum Gasteiger partial charge on any atom is 0.240 e. The van der Waals surface area contributed by atoms with Crippen LogP contribution in [-0.4, -0.2) is 28.7 Å². The molecule has 12 aromatic rings. The van der Waals surface area contributed by atoms with Gasteiger partial charge in [0.1, 0.15) is 0 Å². The van der Waals surface area contributed by atoms with Crippen LogP contribution in [0.3, 0.4) is 0 Å². The van der Waals surface area contributed by atoms with Gasteiger partial charge in [-0.05, 0) is 59.5 Å².